The third-order valence-electron chi connectivity index (χ3n) is 8.11. The van der Waals surface area contributed by atoms with Crippen molar-refractivity contribution in [2.24, 2.45) is 34.8 Å². The summed E-state index contributed by atoms with van der Waals surface area (Å²) in [4.78, 5) is 40.3. The van der Waals surface area contributed by atoms with Crippen molar-refractivity contribution < 1.29 is 24.2 Å². The van der Waals surface area contributed by atoms with E-state index in [9.17, 15) is 19.5 Å². The van der Waals surface area contributed by atoms with Crippen LogP contribution >= 0.6 is 0 Å². The molecule has 168 valence electrons. The second-order valence-corrected chi connectivity index (χ2v) is 11.1. The van der Waals surface area contributed by atoms with E-state index in [2.05, 4.69) is 0 Å². The van der Waals surface area contributed by atoms with Crippen LogP contribution in [-0.2, 0) is 9.53 Å². The number of rotatable bonds is 3. The van der Waals surface area contributed by atoms with Crippen LogP contribution in [0.25, 0.3) is 0 Å². The fraction of sp³-hybridized carbons (Fsp3) is 0.864. The molecule has 1 aliphatic heterocycles. The van der Waals surface area contributed by atoms with Gasteiger partial charge in [0.2, 0.25) is 5.91 Å². The summed E-state index contributed by atoms with van der Waals surface area (Å²) in [6, 6.07) is -0.483. The zero-order valence-corrected chi connectivity index (χ0v) is 18.5. The smallest absolute Gasteiger partial charge is 0.410 e. The minimum Gasteiger partial charge on any atom is -0.465 e. The van der Waals surface area contributed by atoms with Crippen molar-refractivity contribution in [1.82, 2.24) is 9.80 Å². The Kier molecular flexibility index (Phi) is 4.97. The molecule has 5 rings (SSSR count). The number of carboxylic acid groups (broad SMARTS) is 1. The van der Waals surface area contributed by atoms with E-state index < -0.39 is 23.2 Å². The molecule has 8 heteroatoms. The monoisotopic (exact) mass is 421 g/mol. The van der Waals surface area contributed by atoms with Crippen molar-refractivity contribution in [3.05, 3.63) is 0 Å². The van der Waals surface area contributed by atoms with Crippen molar-refractivity contribution >= 4 is 18.1 Å². The van der Waals surface area contributed by atoms with E-state index in [0.29, 0.717) is 18.9 Å². The molecule has 4 atom stereocenters. The van der Waals surface area contributed by atoms with Crippen LogP contribution in [-0.4, -0.2) is 64.3 Å². The highest BCUT2D eigenvalue weighted by Gasteiger charge is 2.62. The zero-order chi connectivity index (χ0) is 22.0. The fourth-order valence-electron chi connectivity index (χ4n) is 7.30. The Balaban J connectivity index is 1.62. The van der Waals surface area contributed by atoms with E-state index in [4.69, 9.17) is 10.5 Å². The first-order valence-corrected chi connectivity index (χ1v) is 11.2. The Labute approximate surface area is 178 Å². The number of carbonyl (C=O) groups excluding carboxylic acids is 2. The lowest BCUT2D eigenvalue weighted by Crippen LogP contribution is -2.62. The van der Waals surface area contributed by atoms with Gasteiger partial charge in [-0.05, 0) is 83.0 Å². The van der Waals surface area contributed by atoms with Crippen LogP contribution in [0.2, 0.25) is 0 Å². The van der Waals surface area contributed by atoms with E-state index in [1.54, 1.807) is 11.9 Å². The van der Waals surface area contributed by atoms with Crippen molar-refractivity contribution in [2.45, 2.75) is 77.0 Å². The van der Waals surface area contributed by atoms with Crippen LogP contribution in [0.15, 0.2) is 0 Å². The van der Waals surface area contributed by atoms with Gasteiger partial charge in [0.05, 0.1) is 12.1 Å². The Morgan fingerprint density at radius 2 is 1.73 bits per heavy atom. The summed E-state index contributed by atoms with van der Waals surface area (Å²) in [5.74, 6) is 1.03. The van der Waals surface area contributed by atoms with Crippen molar-refractivity contribution in [1.29, 1.82) is 0 Å². The molecule has 0 spiro atoms. The number of likely N-dealkylation sites (tertiary alicyclic amines) is 1. The largest absolute Gasteiger partial charge is 0.465 e. The fourth-order valence-corrected chi connectivity index (χ4v) is 7.30. The predicted molar refractivity (Wildman–Crippen MR) is 110 cm³/mol. The number of amides is 3. The standard InChI is InChI=1S/C22H35N3O5/c1-21(2,3)30-20(29)24(4)15-5-6-25(19(27)28)17(15)16-13-7-12-8-14(16)11-22(9-12,10-13)18(23)26/h12-17H,5-11H2,1-4H3,(H2,23,26)(H,27,28)/t12?,13?,14?,15?,16?,17-,22?/m0/s1. The topological polar surface area (TPSA) is 113 Å². The van der Waals surface area contributed by atoms with Crippen LogP contribution in [0.1, 0.15) is 59.3 Å². The average Bonchev–Trinajstić information content (AvgIpc) is 3.03. The molecule has 0 aromatic rings. The number of primary amides is 1. The van der Waals surface area contributed by atoms with Crippen LogP contribution in [0, 0.1) is 29.1 Å². The normalized spacial score (nSPS) is 39.8. The summed E-state index contributed by atoms with van der Waals surface area (Å²) in [6.45, 7) is 5.90. The van der Waals surface area contributed by atoms with E-state index in [-0.39, 0.29) is 35.7 Å². The molecule has 30 heavy (non-hydrogen) atoms. The second kappa shape index (κ2) is 7.02. The quantitative estimate of drug-likeness (QED) is 0.727. The molecule has 4 bridgehead atoms. The minimum absolute atomic E-state index is 0.155. The lowest BCUT2D eigenvalue weighted by molar-refractivity contribution is -0.155. The predicted octanol–water partition coefficient (Wildman–Crippen LogP) is 2.90. The molecule has 0 aromatic carbocycles. The lowest BCUT2D eigenvalue weighted by atomic mass is 9.44. The van der Waals surface area contributed by atoms with E-state index in [1.807, 2.05) is 20.8 Å². The SMILES string of the molecule is CN(C(=O)OC(C)(C)C)C1CCN(C(=O)O)[C@@H]1C1C2CC3CC1CC(C(N)=O)(C3)C2. The van der Waals surface area contributed by atoms with Crippen LogP contribution in [0.4, 0.5) is 9.59 Å². The molecule has 3 N–H and O–H groups in total. The Morgan fingerprint density at radius 1 is 1.13 bits per heavy atom. The maximum absolute atomic E-state index is 12.8. The van der Waals surface area contributed by atoms with Gasteiger partial charge in [-0.3, -0.25) is 4.79 Å². The number of ether oxygens (including phenoxy) is 1. The molecule has 0 aromatic heterocycles. The number of carbonyl (C=O) groups is 3. The molecule has 1 heterocycles. The van der Waals surface area contributed by atoms with E-state index >= 15 is 0 Å². The van der Waals surface area contributed by atoms with Gasteiger partial charge in [0.1, 0.15) is 5.60 Å². The number of hydrogen-bond acceptors (Lipinski definition) is 4. The van der Waals surface area contributed by atoms with Crippen molar-refractivity contribution in [3.8, 4) is 0 Å². The molecule has 4 saturated carbocycles. The first-order valence-electron chi connectivity index (χ1n) is 11.2. The van der Waals surface area contributed by atoms with Gasteiger partial charge < -0.3 is 25.4 Å². The highest BCUT2D eigenvalue weighted by molar-refractivity contribution is 5.81. The number of nitrogens with two attached hydrogens (primary N) is 1. The average molecular weight is 422 g/mol. The molecule has 3 unspecified atom stereocenters. The summed E-state index contributed by atoms with van der Waals surface area (Å²) in [5.41, 5.74) is 4.81. The Morgan fingerprint density at radius 3 is 2.23 bits per heavy atom. The first kappa shape index (κ1) is 21.2. The van der Waals surface area contributed by atoms with Gasteiger partial charge in [0, 0.05) is 19.0 Å². The van der Waals surface area contributed by atoms with E-state index in [1.165, 1.54) is 4.90 Å². The third kappa shape index (κ3) is 3.42. The number of nitrogens with zero attached hydrogens (tertiary/aromatic N) is 2. The van der Waals surface area contributed by atoms with E-state index in [0.717, 1.165) is 32.1 Å². The first-order chi connectivity index (χ1) is 13.9. The van der Waals surface area contributed by atoms with Gasteiger partial charge in [0.25, 0.3) is 0 Å². The Hall–Kier alpha value is -1.99. The van der Waals surface area contributed by atoms with Gasteiger partial charge in [-0.1, -0.05) is 0 Å². The number of hydrogen-bond donors (Lipinski definition) is 2. The molecule has 0 radical (unpaired) electrons. The molecule has 3 amide bonds. The minimum atomic E-state index is -0.932. The summed E-state index contributed by atoms with van der Waals surface area (Å²) in [7, 11) is 1.72. The second-order valence-electron chi connectivity index (χ2n) is 11.1. The van der Waals surface area contributed by atoms with Gasteiger partial charge >= 0.3 is 12.2 Å². The molecule has 5 fully saturated rings. The zero-order valence-electron chi connectivity index (χ0n) is 18.5. The van der Waals surface area contributed by atoms with Crippen molar-refractivity contribution in [2.75, 3.05) is 13.6 Å². The highest BCUT2D eigenvalue weighted by Crippen LogP contribution is 2.63. The summed E-state index contributed by atoms with van der Waals surface area (Å²) in [5, 5.41) is 9.92. The molecular weight excluding hydrogens is 386 g/mol. The maximum Gasteiger partial charge on any atom is 0.410 e. The molecule has 4 aliphatic carbocycles. The van der Waals surface area contributed by atoms with Crippen LogP contribution in [0.3, 0.4) is 0 Å². The molecule has 8 nitrogen and oxygen atoms in total. The molecule has 5 aliphatic rings. The highest BCUT2D eigenvalue weighted by atomic mass is 16.6. The third-order valence-corrected chi connectivity index (χ3v) is 8.11. The van der Waals surface area contributed by atoms with Crippen LogP contribution < -0.4 is 5.73 Å². The lowest BCUT2D eigenvalue weighted by Gasteiger charge is -2.61. The summed E-state index contributed by atoms with van der Waals surface area (Å²) < 4.78 is 5.57. The van der Waals surface area contributed by atoms with Gasteiger partial charge in [-0.2, -0.15) is 0 Å². The molecule has 1 saturated heterocycles. The van der Waals surface area contributed by atoms with Gasteiger partial charge in [-0.25, -0.2) is 9.59 Å². The van der Waals surface area contributed by atoms with Crippen molar-refractivity contribution in [3.63, 3.8) is 0 Å². The number of likely N-dealkylation sites (N-methyl/N-ethyl adjacent to an activating group) is 1. The maximum atomic E-state index is 12.8. The summed E-state index contributed by atoms with van der Waals surface area (Å²) in [6.07, 6.45) is 3.72. The van der Waals surface area contributed by atoms with Gasteiger partial charge in [0.15, 0.2) is 0 Å². The summed E-state index contributed by atoms with van der Waals surface area (Å²) >= 11 is 0. The molecular formula is C22H35N3O5. The Bertz CT molecular complexity index is 732. The van der Waals surface area contributed by atoms with Gasteiger partial charge in [-0.15, -0.1) is 0 Å². The van der Waals surface area contributed by atoms with Crippen LogP contribution in [0.5, 0.6) is 0 Å².